The Balaban J connectivity index is 1.81. The van der Waals surface area contributed by atoms with Gasteiger partial charge in [0.15, 0.2) is 0 Å². The molecule has 0 fully saturated rings. The number of nitrogens with zero attached hydrogens (tertiary/aromatic N) is 1. The van der Waals surface area contributed by atoms with E-state index in [9.17, 15) is 5.11 Å². The summed E-state index contributed by atoms with van der Waals surface area (Å²) < 4.78 is 11.6. The number of hydrogen-bond acceptors (Lipinski definition) is 4. The molecule has 26 heavy (non-hydrogen) atoms. The van der Waals surface area contributed by atoms with Crippen molar-refractivity contribution in [2.24, 2.45) is 0 Å². The molecule has 0 aromatic heterocycles. The zero-order valence-electron chi connectivity index (χ0n) is 15.1. The van der Waals surface area contributed by atoms with Gasteiger partial charge in [-0.2, -0.15) is 0 Å². The summed E-state index contributed by atoms with van der Waals surface area (Å²) >= 11 is 0. The van der Waals surface area contributed by atoms with E-state index in [1.165, 1.54) is 0 Å². The minimum Gasteiger partial charge on any atom is -0.497 e. The molecule has 0 aliphatic carbocycles. The zero-order valence-corrected chi connectivity index (χ0v) is 15.1. The van der Waals surface area contributed by atoms with Gasteiger partial charge in [-0.25, -0.2) is 0 Å². The van der Waals surface area contributed by atoms with Crippen LogP contribution in [0.1, 0.15) is 11.1 Å². The molecule has 1 N–H and O–H groups in total. The highest BCUT2D eigenvalue weighted by molar-refractivity contribution is 5.96. The summed E-state index contributed by atoms with van der Waals surface area (Å²) in [6.45, 7) is 1.15. The van der Waals surface area contributed by atoms with E-state index < -0.39 is 0 Å². The number of aliphatic hydroxyl groups is 1. The van der Waals surface area contributed by atoms with Crippen LogP contribution < -0.4 is 14.4 Å². The Labute approximate surface area is 153 Å². The number of likely N-dealkylation sites (N-methyl/N-ethyl adjacent to an activating group) is 1. The van der Waals surface area contributed by atoms with Crippen LogP contribution in [0.3, 0.4) is 0 Å². The molecule has 0 amide bonds. The summed E-state index contributed by atoms with van der Waals surface area (Å²) in [7, 11) is 3.68. The largest absolute Gasteiger partial charge is 0.497 e. The topological polar surface area (TPSA) is 41.9 Å². The van der Waals surface area contributed by atoms with Crippen LogP contribution in [0.25, 0.3) is 10.8 Å². The average Bonchev–Trinajstić information content (AvgIpc) is 2.67. The van der Waals surface area contributed by atoms with Crippen LogP contribution in [-0.2, 0) is 13.0 Å². The van der Waals surface area contributed by atoms with Crippen molar-refractivity contribution in [2.45, 2.75) is 19.1 Å². The van der Waals surface area contributed by atoms with E-state index >= 15 is 0 Å². The number of hydrogen-bond donors (Lipinski definition) is 1. The lowest BCUT2D eigenvalue weighted by Gasteiger charge is -2.32. The second kappa shape index (κ2) is 6.89. The average molecular weight is 349 g/mol. The first-order valence-corrected chi connectivity index (χ1v) is 8.85. The lowest BCUT2D eigenvalue weighted by atomic mass is 9.93. The summed E-state index contributed by atoms with van der Waals surface area (Å²) in [6, 6.07) is 18.3. The quantitative estimate of drug-likeness (QED) is 0.778. The monoisotopic (exact) mass is 349 g/mol. The van der Waals surface area contributed by atoms with Gasteiger partial charge in [0.05, 0.1) is 13.2 Å². The van der Waals surface area contributed by atoms with Gasteiger partial charge >= 0.3 is 0 Å². The molecule has 1 aliphatic heterocycles. The zero-order chi connectivity index (χ0) is 18.1. The number of benzene rings is 3. The van der Waals surface area contributed by atoms with E-state index in [-0.39, 0.29) is 6.10 Å². The Kier molecular flexibility index (Phi) is 4.43. The molecule has 0 unspecified atom stereocenters. The SMILES string of the molecule is COc1ccc2c(OCc3ccccc3)cc3c(c2c1)C[C@H](O)CN3C. The maximum Gasteiger partial charge on any atom is 0.129 e. The fourth-order valence-corrected chi connectivity index (χ4v) is 3.67. The molecule has 0 radical (unpaired) electrons. The fourth-order valence-electron chi connectivity index (χ4n) is 3.67. The Hall–Kier alpha value is -2.72. The van der Waals surface area contributed by atoms with Gasteiger partial charge in [0.2, 0.25) is 0 Å². The van der Waals surface area contributed by atoms with Gasteiger partial charge in [-0.15, -0.1) is 0 Å². The van der Waals surface area contributed by atoms with Crippen molar-refractivity contribution in [2.75, 3.05) is 25.6 Å². The number of ether oxygens (including phenoxy) is 2. The molecule has 134 valence electrons. The minimum absolute atomic E-state index is 0.363. The predicted molar refractivity (Wildman–Crippen MR) is 104 cm³/mol. The lowest BCUT2D eigenvalue weighted by Crippen LogP contribution is -2.35. The molecule has 3 aromatic rings. The number of anilines is 1. The Bertz CT molecular complexity index is 924. The fraction of sp³-hybridized carbons (Fsp3) is 0.273. The van der Waals surface area contributed by atoms with Gasteiger partial charge in [0.25, 0.3) is 0 Å². The van der Waals surface area contributed by atoms with Crippen LogP contribution in [0.15, 0.2) is 54.6 Å². The summed E-state index contributed by atoms with van der Waals surface area (Å²) in [6.07, 6.45) is 0.278. The first-order valence-electron chi connectivity index (χ1n) is 8.85. The molecule has 4 nitrogen and oxygen atoms in total. The summed E-state index contributed by atoms with van der Waals surface area (Å²) in [5.41, 5.74) is 3.39. The molecule has 1 aliphatic rings. The van der Waals surface area contributed by atoms with Crippen LogP contribution in [0.5, 0.6) is 11.5 Å². The van der Waals surface area contributed by atoms with Gasteiger partial charge in [-0.1, -0.05) is 30.3 Å². The molecule has 4 heteroatoms. The molecule has 1 heterocycles. The van der Waals surface area contributed by atoms with Crippen LogP contribution in [0, 0.1) is 0 Å². The second-order valence-electron chi connectivity index (χ2n) is 6.80. The molecule has 0 spiro atoms. The van der Waals surface area contributed by atoms with Crippen molar-refractivity contribution in [3.63, 3.8) is 0 Å². The van der Waals surface area contributed by atoms with Crippen molar-refractivity contribution in [3.05, 3.63) is 65.7 Å². The number of fused-ring (bicyclic) bond motifs is 3. The maximum atomic E-state index is 10.2. The van der Waals surface area contributed by atoms with E-state index in [1.807, 2.05) is 43.4 Å². The van der Waals surface area contributed by atoms with E-state index in [0.717, 1.165) is 39.1 Å². The van der Waals surface area contributed by atoms with Gasteiger partial charge in [0.1, 0.15) is 18.1 Å². The Morgan fingerprint density at radius 2 is 1.88 bits per heavy atom. The number of β-amino-alcohol motifs (C(OH)–C–C–N with tert-alkyl or cyclic N) is 1. The molecule has 1 atom stereocenters. The first kappa shape index (κ1) is 16.7. The molecular formula is C22H23NO3. The third-order valence-corrected chi connectivity index (χ3v) is 4.97. The number of methoxy groups -OCH3 is 1. The van der Waals surface area contributed by atoms with Crippen molar-refractivity contribution >= 4 is 16.5 Å². The van der Waals surface area contributed by atoms with Gasteiger partial charge < -0.3 is 19.5 Å². The van der Waals surface area contributed by atoms with Crippen LogP contribution in [0.2, 0.25) is 0 Å². The van der Waals surface area contributed by atoms with Crippen molar-refractivity contribution in [1.29, 1.82) is 0 Å². The summed E-state index contributed by atoms with van der Waals surface area (Å²) in [4.78, 5) is 2.10. The first-order chi connectivity index (χ1) is 12.7. The highest BCUT2D eigenvalue weighted by Gasteiger charge is 2.24. The van der Waals surface area contributed by atoms with Crippen molar-refractivity contribution in [3.8, 4) is 11.5 Å². The molecule has 3 aromatic carbocycles. The third kappa shape index (κ3) is 3.08. The van der Waals surface area contributed by atoms with Crippen LogP contribution in [-0.4, -0.2) is 31.9 Å². The second-order valence-corrected chi connectivity index (χ2v) is 6.80. The molecular weight excluding hydrogens is 326 g/mol. The maximum absolute atomic E-state index is 10.2. The van der Waals surface area contributed by atoms with E-state index in [2.05, 4.69) is 23.1 Å². The highest BCUT2D eigenvalue weighted by Crippen LogP contribution is 2.40. The molecule has 4 rings (SSSR count). The third-order valence-electron chi connectivity index (χ3n) is 4.97. The molecule has 0 bridgehead atoms. The normalized spacial score (nSPS) is 16.4. The van der Waals surface area contributed by atoms with Crippen LogP contribution in [0.4, 0.5) is 5.69 Å². The smallest absolute Gasteiger partial charge is 0.129 e. The summed E-state index contributed by atoms with van der Waals surface area (Å²) in [5, 5.41) is 12.4. The number of aliphatic hydroxyl groups excluding tert-OH is 1. The predicted octanol–water partition coefficient (Wildman–Crippen LogP) is 3.78. The van der Waals surface area contributed by atoms with Gasteiger partial charge in [-0.05, 0) is 34.7 Å². The highest BCUT2D eigenvalue weighted by atomic mass is 16.5. The minimum atomic E-state index is -0.363. The van der Waals surface area contributed by atoms with Crippen molar-refractivity contribution < 1.29 is 14.6 Å². The Morgan fingerprint density at radius 1 is 1.08 bits per heavy atom. The van der Waals surface area contributed by atoms with E-state index in [0.29, 0.717) is 19.6 Å². The molecule has 0 saturated carbocycles. The summed E-state index contributed by atoms with van der Waals surface area (Å²) in [5.74, 6) is 1.66. The van der Waals surface area contributed by atoms with E-state index in [1.54, 1.807) is 7.11 Å². The molecule has 0 saturated heterocycles. The Morgan fingerprint density at radius 3 is 2.65 bits per heavy atom. The lowest BCUT2D eigenvalue weighted by molar-refractivity contribution is 0.177. The van der Waals surface area contributed by atoms with Crippen molar-refractivity contribution in [1.82, 2.24) is 0 Å². The van der Waals surface area contributed by atoms with Gasteiger partial charge in [0, 0.05) is 37.2 Å². The van der Waals surface area contributed by atoms with Crippen LogP contribution >= 0.6 is 0 Å². The number of rotatable bonds is 4. The van der Waals surface area contributed by atoms with Gasteiger partial charge in [-0.3, -0.25) is 0 Å². The standard InChI is InChI=1S/C22H23NO3/c1-23-13-16(24)10-20-19-11-17(25-2)8-9-18(19)22(12-21(20)23)26-14-15-6-4-3-5-7-15/h3-9,11-12,16,24H,10,13-14H2,1-2H3/t16-/m0/s1. The van der Waals surface area contributed by atoms with E-state index in [4.69, 9.17) is 9.47 Å².